The third-order valence-corrected chi connectivity index (χ3v) is 3.26. The van der Waals surface area contributed by atoms with Crippen LogP contribution in [0.1, 0.15) is 0 Å². The van der Waals surface area contributed by atoms with E-state index in [0.717, 1.165) is 11.3 Å². The number of hydrogen-bond donors (Lipinski definition) is 2. The fraction of sp³-hybridized carbons (Fsp3) is 0.0769. The van der Waals surface area contributed by atoms with Gasteiger partial charge in [-0.15, -0.1) is 5.10 Å². The molecule has 2 N–H and O–H groups in total. The summed E-state index contributed by atoms with van der Waals surface area (Å²) in [5.41, 5.74) is 1.43. The first kappa shape index (κ1) is 11.6. The van der Waals surface area contributed by atoms with Crippen molar-refractivity contribution in [3.05, 3.63) is 40.9 Å². The Labute approximate surface area is 117 Å². The standard InChI is InChI=1S/C13H10N6O2/c1-21-8-4-2-7(3-5-8)10-15-12-9-6-14-17-11(9)16-13(20)19(12)18-10/h2-6H,1H3,(H2,14,16,17,20). The summed E-state index contributed by atoms with van der Waals surface area (Å²) in [5.74, 6) is 1.22. The average molecular weight is 282 g/mol. The Bertz CT molecular complexity index is 995. The maximum absolute atomic E-state index is 12.0. The maximum Gasteiger partial charge on any atom is 0.349 e. The van der Waals surface area contributed by atoms with Gasteiger partial charge in [-0.2, -0.15) is 9.61 Å². The number of aromatic nitrogens is 6. The highest BCUT2D eigenvalue weighted by Gasteiger charge is 2.13. The SMILES string of the molecule is COc1ccc(-c2nc3c4cn[nH]c4[nH]c(=O)n3n2)cc1. The number of ether oxygens (including phenoxy) is 1. The molecule has 0 spiro atoms. The molecule has 0 aliphatic heterocycles. The van der Waals surface area contributed by atoms with E-state index in [1.165, 1.54) is 4.52 Å². The lowest BCUT2D eigenvalue weighted by molar-refractivity contribution is 0.415. The summed E-state index contributed by atoms with van der Waals surface area (Å²) < 4.78 is 6.35. The van der Waals surface area contributed by atoms with E-state index >= 15 is 0 Å². The molecule has 8 heteroatoms. The number of methoxy groups -OCH3 is 1. The van der Waals surface area contributed by atoms with Crippen LogP contribution in [0.15, 0.2) is 35.3 Å². The Hall–Kier alpha value is -3.16. The van der Waals surface area contributed by atoms with Crippen molar-refractivity contribution in [1.82, 2.24) is 29.8 Å². The minimum absolute atomic E-state index is 0.367. The molecule has 0 fully saturated rings. The number of aromatic amines is 2. The van der Waals surface area contributed by atoms with Gasteiger partial charge in [-0.05, 0) is 24.3 Å². The van der Waals surface area contributed by atoms with E-state index < -0.39 is 0 Å². The number of fused-ring (bicyclic) bond motifs is 3. The normalized spacial score (nSPS) is 11.3. The van der Waals surface area contributed by atoms with Gasteiger partial charge < -0.3 is 4.74 Å². The van der Waals surface area contributed by atoms with Crippen LogP contribution in [0, 0.1) is 0 Å². The van der Waals surface area contributed by atoms with E-state index in [-0.39, 0.29) is 5.69 Å². The van der Waals surface area contributed by atoms with Crippen molar-refractivity contribution in [1.29, 1.82) is 0 Å². The number of rotatable bonds is 2. The summed E-state index contributed by atoms with van der Waals surface area (Å²) in [5, 5.41) is 11.6. The zero-order chi connectivity index (χ0) is 14.4. The van der Waals surface area contributed by atoms with Crippen LogP contribution in [0.4, 0.5) is 0 Å². The predicted molar refractivity (Wildman–Crippen MR) is 75.2 cm³/mol. The first-order chi connectivity index (χ1) is 10.3. The monoisotopic (exact) mass is 282 g/mol. The van der Waals surface area contributed by atoms with Gasteiger partial charge in [0.1, 0.15) is 11.4 Å². The molecule has 3 heterocycles. The highest BCUT2D eigenvalue weighted by atomic mass is 16.5. The maximum atomic E-state index is 12.0. The molecule has 0 unspecified atom stereocenters. The second-order valence-corrected chi connectivity index (χ2v) is 4.49. The Morgan fingerprint density at radius 3 is 2.81 bits per heavy atom. The van der Waals surface area contributed by atoms with Gasteiger partial charge >= 0.3 is 5.69 Å². The minimum Gasteiger partial charge on any atom is -0.497 e. The van der Waals surface area contributed by atoms with Crippen molar-refractivity contribution in [2.75, 3.05) is 7.11 Å². The molecule has 21 heavy (non-hydrogen) atoms. The Kier molecular flexibility index (Phi) is 2.31. The lowest BCUT2D eigenvalue weighted by Gasteiger charge is -1.99. The molecule has 4 rings (SSSR count). The first-order valence-electron chi connectivity index (χ1n) is 6.23. The van der Waals surface area contributed by atoms with Crippen LogP contribution in [0.2, 0.25) is 0 Å². The molecule has 0 radical (unpaired) electrons. The van der Waals surface area contributed by atoms with Crippen LogP contribution in [0.25, 0.3) is 28.1 Å². The molecular formula is C13H10N6O2. The van der Waals surface area contributed by atoms with Gasteiger partial charge in [0, 0.05) is 5.56 Å². The number of H-pyrrole nitrogens is 2. The van der Waals surface area contributed by atoms with E-state index in [4.69, 9.17) is 4.74 Å². The third kappa shape index (κ3) is 1.69. The van der Waals surface area contributed by atoms with Crippen molar-refractivity contribution in [3.63, 3.8) is 0 Å². The molecule has 0 saturated heterocycles. The van der Waals surface area contributed by atoms with Crippen molar-refractivity contribution in [2.45, 2.75) is 0 Å². The highest BCUT2D eigenvalue weighted by Crippen LogP contribution is 2.21. The van der Waals surface area contributed by atoms with Gasteiger partial charge in [-0.3, -0.25) is 10.1 Å². The fourth-order valence-corrected chi connectivity index (χ4v) is 2.20. The molecule has 3 aromatic heterocycles. The van der Waals surface area contributed by atoms with E-state index in [9.17, 15) is 4.79 Å². The average Bonchev–Trinajstić information content (AvgIpc) is 3.13. The summed E-state index contributed by atoms with van der Waals surface area (Å²) in [6, 6.07) is 7.32. The summed E-state index contributed by atoms with van der Waals surface area (Å²) in [6.07, 6.45) is 1.60. The Balaban J connectivity index is 1.97. The van der Waals surface area contributed by atoms with Gasteiger partial charge in [0.2, 0.25) is 0 Å². The number of nitrogens with zero attached hydrogens (tertiary/aromatic N) is 4. The zero-order valence-corrected chi connectivity index (χ0v) is 11.0. The first-order valence-corrected chi connectivity index (χ1v) is 6.23. The molecule has 1 aromatic carbocycles. The second kappa shape index (κ2) is 4.17. The van der Waals surface area contributed by atoms with Gasteiger partial charge in [0.25, 0.3) is 0 Å². The minimum atomic E-state index is -0.367. The van der Waals surface area contributed by atoms with Crippen LogP contribution in [0.3, 0.4) is 0 Å². The van der Waals surface area contributed by atoms with Gasteiger partial charge in [-0.25, -0.2) is 9.78 Å². The van der Waals surface area contributed by atoms with Crippen molar-refractivity contribution < 1.29 is 4.74 Å². The molecular weight excluding hydrogens is 272 g/mol. The molecule has 0 bridgehead atoms. The van der Waals surface area contributed by atoms with Gasteiger partial charge in [0.05, 0.1) is 18.7 Å². The smallest absolute Gasteiger partial charge is 0.349 e. The summed E-state index contributed by atoms with van der Waals surface area (Å²) in [6.45, 7) is 0. The molecule has 0 amide bonds. The van der Waals surface area contributed by atoms with E-state index in [0.29, 0.717) is 22.5 Å². The summed E-state index contributed by atoms with van der Waals surface area (Å²) in [7, 11) is 1.60. The summed E-state index contributed by atoms with van der Waals surface area (Å²) in [4.78, 5) is 19.1. The molecule has 0 aliphatic carbocycles. The zero-order valence-electron chi connectivity index (χ0n) is 11.0. The van der Waals surface area contributed by atoms with E-state index in [2.05, 4.69) is 25.3 Å². The quantitative estimate of drug-likeness (QED) is 0.570. The number of hydrogen-bond acceptors (Lipinski definition) is 5. The number of benzene rings is 1. The number of nitrogens with one attached hydrogen (secondary N) is 2. The van der Waals surface area contributed by atoms with Crippen LogP contribution in [-0.4, -0.2) is 36.9 Å². The Morgan fingerprint density at radius 2 is 2.05 bits per heavy atom. The van der Waals surface area contributed by atoms with E-state index in [1.54, 1.807) is 13.3 Å². The molecule has 4 aromatic rings. The predicted octanol–water partition coefficient (Wildman–Crippen LogP) is 0.969. The highest BCUT2D eigenvalue weighted by molar-refractivity contribution is 5.88. The molecule has 0 aliphatic rings. The topological polar surface area (TPSA) is 101 Å². The second-order valence-electron chi connectivity index (χ2n) is 4.49. The van der Waals surface area contributed by atoms with Crippen molar-refractivity contribution in [2.24, 2.45) is 0 Å². The van der Waals surface area contributed by atoms with Gasteiger partial charge in [0.15, 0.2) is 11.5 Å². The molecule has 8 nitrogen and oxygen atoms in total. The molecule has 0 saturated carbocycles. The fourth-order valence-electron chi connectivity index (χ4n) is 2.20. The summed E-state index contributed by atoms with van der Waals surface area (Å²) >= 11 is 0. The molecule has 104 valence electrons. The largest absolute Gasteiger partial charge is 0.497 e. The van der Waals surface area contributed by atoms with Crippen molar-refractivity contribution >= 4 is 16.7 Å². The lowest BCUT2D eigenvalue weighted by Crippen LogP contribution is -2.17. The van der Waals surface area contributed by atoms with Crippen LogP contribution in [0.5, 0.6) is 5.75 Å². The van der Waals surface area contributed by atoms with Crippen molar-refractivity contribution in [3.8, 4) is 17.1 Å². The third-order valence-electron chi connectivity index (χ3n) is 3.26. The van der Waals surface area contributed by atoms with Crippen LogP contribution >= 0.6 is 0 Å². The Morgan fingerprint density at radius 1 is 1.24 bits per heavy atom. The lowest BCUT2D eigenvalue weighted by atomic mass is 10.2. The van der Waals surface area contributed by atoms with Gasteiger partial charge in [-0.1, -0.05) is 0 Å². The van der Waals surface area contributed by atoms with Crippen LogP contribution in [-0.2, 0) is 0 Å². The van der Waals surface area contributed by atoms with E-state index in [1.807, 2.05) is 24.3 Å². The molecule has 0 atom stereocenters. The van der Waals surface area contributed by atoms with Crippen LogP contribution < -0.4 is 10.4 Å².